The van der Waals surface area contributed by atoms with Crippen molar-refractivity contribution in [2.75, 3.05) is 18.0 Å². The third-order valence-electron chi connectivity index (χ3n) is 4.84. The Morgan fingerprint density at radius 1 is 0.964 bits per heavy atom. The molecule has 0 unspecified atom stereocenters. The van der Waals surface area contributed by atoms with E-state index in [9.17, 15) is 9.59 Å². The van der Waals surface area contributed by atoms with Crippen LogP contribution in [0.15, 0.2) is 59.3 Å². The van der Waals surface area contributed by atoms with Crippen molar-refractivity contribution in [2.45, 2.75) is 19.0 Å². The van der Waals surface area contributed by atoms with Crippen molar-refractivity contribution in [3.8, 4) is 0 Å². The number of thiophene rings is 2. The quantitative estimate of drug-likeness (QED) is 0.612. The van der Waals surface area contributed by atoms with Crippen molar-refractivity contribution in [1.29, 1.82) is 0 Å². The van der Waals surface area contributed by atoms with E-state index in [1.165, 1.54) is 16.1 Å². The van der Waals surface area contributed by atoms with Crippen LogP contribution < -0.4 is 15.5 Å². The Labute approximate surface area is 172 Å². The summed E-state index contributed by atoms with van der Waals surface area (Å²) in [7, 11) is 0. The molecular weight excluding hydrogens is 390 g/mol. The lowest BCUT2D eigenvalue weighted by Gasteiger charge is -2.30. The first-order valence-electron chi connectivity index (χ1n) is 9.19. The maximum atomic E-state index is 12.3. The number of carbonyl (C=O) groups is 2. The SMILES string of the molecule is O=C(NCc1cccs1)C(=O)NC[C@H](c1cccs1)N1CCc2ccccc21. The molecule has 4 rings (SSSR count). The zero-order valence-electron chi connectivity index (χ0n) is 15.3. The average molecular weight is 412 g/mol. The third-order valence-corrected chi connectivity index (χ3v) is 6.69. The van der Waals surface area contributed by atoms with E-state index >= 15 is 0 Å². The van der Waals surface area contributed by atoms with Crippen molar-refractivity contribution in [3.63, 3.8) is 0 Å². The summed E-state index contributed by atoms with van der Waals surface area (Å²) in [5, 5.41) is 9.49. The van der Waals surface area contributed by atoms with Crippen molar-refractivity contribution in [3.05, 3.63) is 74.6 Å². The topological polar surface area (TPSA) is 61.4 Å². The van der Waals surface area contributed by atoms with Gasteiger partial charge in [-0.1, -0.05) is 30.3 Å². The van der Waals surface area contributed by atoms with Crippen LogP contribution in [0.1, 0.15) is 21.4 Å². The predicted octanol–water partition coefficient (Wildman–Crippen LogP) is 3.35. The van der Waals surface area contributed by atoms with E-state index in [2.05, 4.69) is 39.8 Å². The van der Waals surface area contributed by atoms with E-state index in [-0.39, 0.29) is 6.04 Å². The monoisotopic (exact) mass is 411 g/mol. The fraction of sp³-hybridized carbons (Fsp3) is 0.238. The lowest BCUT2D eigenvalue weighted by molar-refractivity contribution is -0.139. The third kappa shape index (κ3) is 4.10. The minimum absolute atomic E-state index is 0.0118. The highest BCUT2D eigenvalue weighted by Crippen LogP contribution is 2.36. The highest BCUT2D eigenvalue weighted by atomic mass is 32.1. The van der Waals surface area contributed by atoms with Crippen LogP contribution >= 0.6 is 22.7 Å². The van der Waals surface area contributed by atoms with Crippen LogP contribution in [0.25, 0.3) is 0 Å². The summed E-state index contributed by atoms with van der Waals surface area (Å²) < 4.78 is 0. The van der Waals surface area contributed by atoms with Gasteiger partial charge >= 0.3 is 11.8 Å². The first-order valence-corrected chi connectivity index (χ1v) is 10.9. The number of nitrogens with one attached hydrogen (secondary N) is 2. The van der Waals surface area contributed by atoms with Gasteiger partial charge in [0.2, 0.25) is 0 Å². The van der Waals surface area contributed by atoms with E-state index in [1.54, 1.807) is 22.7 Å². The molecule has 0 spiro atoms. The Morgan fingerprint density at radius 3 is 2.54 bits per heavy atom. The molecule has 3 aromatic rings. The number of rotatable bonds is 6. The number of para-hydroxylation sites is 1. The Bertz CT molecular complexity index is 938. The van der Waals surface area contributed by atoms with Crippen molar-refractivity contribution in [1.82, 2.24) is 10.6 Å². The van der Waals surface area contributed by atoms with Gasteiger partial charge in [0.25, 0.3) is 0 Å². The molecule has 1 aromatic carbocycles. The molecule has 1 aliphatic heterocycles. The molecule has 0 radical (unpaired) electrons. The lowest BCUT2D eigenvalue weighted by atomic mass is 10.1. The molecule has 28 heavy (non-hydrogen) atoms. The van der Waals surface area contributed by atoms with Gasteiger partial charge in [0.1, 0.15) is 0 Å². The minimum atomic E-state index is -0.597. The number of benzene rings is 1. The molecule has 144 valence electrons. The van der Waals surface area contributed by atoms with Gasteiger partial charge in [-0.05, 0) is 40.9 Å². The van der Waals surface area contributed by atoms with E-state index in [0.717, 1.165) is 17.8 Å². The molecule has 2 aromatic heterocycles. The number of amides is 2. The van der Waals surface area contributed by atoms with Crippen LogP contribution in [0.2, 0.25) is 0 Å². The van der Waals surface area contributed by atoms with E-state index in [1.807, 2.05) is 35.0 Å². The number of fused-ring (bicyclic) bond motifs is 1. The van der Waals surface area contributed by atoms with E-state index in [0.29, 0.717) is 13.1 Å². The van der Waals surface area contributed by atoms with Gasteiger partial charge in [0, 0.05) is 28.5 Å². The molecule has 1 aliphatic rings. The standard InChI is InChI=1S/C21H21N3O2S2/c25-20(22-13-16-6-3-11-27-16)21(26)23-14-18(19-8-4-12-28-19)24-10-9-15-5-1-2-7-17(15)24/h1-8,11-12,18H,9-10,13-14H2,(H,22,25)(H,23,26)/t18-/m1/s1. The second-order valence-electron chi connectivity index (χ2n) is 6.58. The smallest absolute Gasteiger partial charge is 0.309 e. The normalized spacial score (nSPS) is 13.8. The van der Waals surface area contributed by atoms with Gasteiger partial charge in [-0.15, -0.1) is 22.7 Å². The molecule has 0 bridgehead atoms. The first-order chi connectivity index (χ1) is 13.7. The zero-order chi connectivity index (χ0) is 19.3. The fourth-order valence-electron chi connectivity index (χ4n) is 3.46. The Kier molecular flexibility index (Phi) is 5.73. The Balaban J connectivity index is 1.41. The number of hydrogen-bond donors (Lipinski definition) is 2. The van der Waals surface area contributed by atoms with Gasteiger partial charge in [0.05, 0.1) is 12.6 Å². The molecular formula is C21H21N3O2S2. The van der Waals surface area contributed by atoms with Crippen molar-refractivity contribution >= 4 is 40.2 Å². The van der Waals surface area contributed by atoms with E-state index in [4.69, 9.17) is 0 Å². The van der Waals surface area contributed by atoms with Crippen LogP contribution in [0.3, 0.4) is 0 Å². The van der Waals surface area contributed by atoms with Crippen LogP contribution in [0.4, 0.5) is 5.69 Å². The number of nitrogens with zero attached hydrogens (tertiary/aromatic N) is 1. The summed E-state index contributed by atoms with van der Waals surface area (Å²) >= 11 is 3.22. The molecule has 0 saturated heterocycles. The van der Waals surface area contributed by atoms with Gasteiger partial charge in [0.15, 0.2) is 0 Å². The summed E-state index contributed by atoms with van der Waals surface area (Å²) in [5.41, 5.74) is 2.53. The summed E-state index contributed by atoms with van der Waals surface area (Å²) in [4.78, 5) is 29.0. The summed E-state index contributed by atoms with van der Waals surface area (Å²) in [6.45, 7) is 1.67. The van der Waals surface area contributed by atoms with Crippen LogP contribution in [-0.4, -0.2) is 24.9 Å². The first kappa shape index (κ1) is 18.7. The van der Waals surface area contributed by atoms with Gasteiger partial charge in [-0.25, -0.2) is 0 Å². The summed E-state index contributed by atoms with van der Waals surface area (Å²) in [6.07, 6.45) is 0.993. The molecule has 0 fully saturated rings. The Morgan fingerprint density at radius 2 is 1.75 bits per heavy atom. The van der Waals surface area contributed by atoms with Gasteiger partial charge in [-0.2, -0.15) is 0 Å². The second kappa shape index (κ2) is 8.58. The summed E-state index contributed by atoms with van der Waals surface area (Å²) in [6, 6.07) is 16.3. The Hall–Kier alpha value is -2.64. The van der Waals surface area contributed by atoms with Crippen LogP contribution in [0, 0.1) is 0 Å². The predicted molar refractivity (Wildman–Crippen MR) is 114 cm³/mol. The zero-order valence-corrected chi connectivity index (χ0v) is 16.9. The van der Waals surface area contributed by atoms with Crippen molar-refractivity contribution in [2.24, 2.45) is 0 Å². The molecule has 0 saturated carbocycles. The van der Waals surface area contributed by atoms with Crippen molar-refractivity contribution < 1.29 is 9.59 Å². The van der Waals surface area contributed by atoms with Crippen LogP contribution in [0.5, 0.6) is 0 Å². The van der Waals surface area contributed by atoms with Crippen LogP contribution in [-0.2, 0) is 22.6 Å². The maximum Gasteiger partial charge on any atom is 0.309 e. The number of anilines is 1. The molecule has 2 amide bonds. The molecule has 1 atom stereocenters. The van der Waals surface area contributed by atoms with E-state index < -0.39 is 11.8 Å². The molecule has 2 N–H and O–H groups in total. The second-order valence-corrected chi connectivity index (χ2v) is 8.59. The van der Waals surface area contributed by atoms with Gasteiger partial charge < -0.3 is 15.5 Å². The lowest BCUT2D eigenvalue weighted by Crippen LogP contribution is -2.43. The summed E-state index contributed by atoms with van der Waals surface area (Å²) in [5.74, 6) is -1.19. The molecule has 3 heterocycles. The molecule has 7 heteroatoms. The largest absolute Gasteiger partial charge is 0.361 e. The number of carbonyl (C=O) groups excluding carboxylic acids is 2. The number of hydrogen-bond acceptors (Lipinski definition) is 5. The highest BCUT2D eigenvalue weighted by Gasteiger charge is 2.28. The fourth-order valence-corrected chi connectivity index (χ4v) is 4.95. The average Bonchev–Trinajstić information content (AvgIpc) is 3.48. The minimum Gasteiger partial charge on any atom is -0.361 e. The maximum absolute atomic E-state index is 12.3. The van der Waals surface area contributed by atoms with Gasteiger partial charge in [-0.3, -0.25) is 9.59 Å². The molecule has 0 aliphatic carbocycles. The highest BCUT2D eigenvalue weighted by molar-refractivity contribution is 7.10. The molecule has 5 nitrogen and oxygen atoms in total.